The average molecular weight is 480 g/mol. The monoisotopic (exact) mass is 479 g/mol. The fraction of sp³-hybridized carbons (Fsp3) is 0.269. The lowest BCUT2D eigenvalue weighted by Crippen LogP contribution is -2.27. The van der Waals surface area contributed by atoms with Gasteiger partial charge in [0.15, 0.2) is 0 Å². The normalized spacial score (nSPS) is 14.9. The number of hydrogen-bond acceptors (Lipinski definition) is 6. The Bertz CT molecular complexity index is 1220. The Morgan fingerprint density at radius 1 is 1.03 bits per heavy atom. The predicted octanol–water partition coefficient (Wildman–Crippen LogP) is 5.90. The van der Waals surface area contributed by atoms with Crippen molar-refractivity contribution in [3.05, 3.63) is 93.8 Å². The number of aromatic nitrogens is 2. The number of carbonyl (C=O) groups excluding carboxylic acids is 2. The molecule has 0 spiro atoms. The van der Waals surface area contributed by atoms with E-state index in [1.54, 1.807) is 19.2 Å². The third-order valence-corrected chi connectivity index (χ3v) is 5.93. The quantitative estimate of drug-likeness (QED) is 0.425. The van der Waals surface area contributed by atoms with Gasteiger partial charge in [0.05, 0.1) is 18.4 Å². The number of fused-ring (bicyclic) bond motifs is 1. The summed E-state index contributed by atoms with van der Waals surface area (Å²) in [6.45, 7) is 4.15. The lowest BCUT2D eigenvalue weighted by Gasteiger charge is -2.29. The van der Waals surface area contributed by atoms with Crippen molar-refractivity contribution in [3.8, 4) is 0 Å². The molecule has 1 atom stereocenters. The van der Waals surface area contributed by atoms with E-state index in [1.807, 2.05) is 55.5 Å². The van der Waals surface area contributed by atoms with Crippen molar-refractivity contribution in [3.63, 3.8) is 0 Å². The summed E-state index contributed by atoms with van der Waals surface area (Å²) in [5, 5.41) is 8.09. The topological polar surface area (TPSA) is 82.5 Å². The Labute approximate surface area is 203 Å². The summed E-state index contributed by atoms with van der Waals surface area (Å²) >= 11 is 6.57. The molecule has 4 rings (SSSR count). The molecule has 2 aromatic carbocycles. The van der Waals surface area contributed by atoms with E-state index in [9.17, 15) is 9.59 Å². The molecule has 0 radical (unpaired) electrons. The highest BCUT2D eigenvalue weighted by molar-refractivity contribution is 6.31. The van der Waals surface area contributed by atoms with E-state index in [-0.39, 0.29) is 13.2 Å². The summed E-state index contributed by atoms with van der Waals surface area (Å²) < 4.78 is 12.1. The molecule has 34 heavy (non-hydrogen) atoms. The minimum Gasteiger partial charge on any atom is -0.463 e. The average Bonchev–Trinajstić information content (AvgIpc) is 3.27. The van der Waals surface area contributed by atoms with Gasteiger partial charge in [0, 0.05) is 22.2 Å². The van der Waals surface area contributed by atoms with Crippen LogP contribution in [-0.2, 0) is 20.9 Å². The van der Waals surface area contributed by atoms with Gasteiger partial charge < -0.3 is 14.8 Å². The zero-order chi connectivity index (χ0) is 24.1. The first-order chi connectivity index (χ1) is 16.5. The zero-order valence-corrected chi connectivity index (χ0v) is 19.8. The molecular formula is C26H26ClN3O4. The molecule has 8 heteroatoms. The SMILES string of the molecule is CCCC1=C(C(=O)OCC)C(c2ccccc2Cl)c2cnn(C(=O)OCc3ccccc3)c2N1. The summed E-state index contributed by atoms with van der Waals surface area (Å²) in [4.78, 5) is 26.1. The third kappa shape index (κ3) is 4.70. The van der Waals surface area contributed by atoms with Crippen molar-refractivity contribution in [2.45, 2.75) is 39.2 Å². The number of rotatable bonds is 7. The highest BCUT2D eigenvalue weighted by atomic mass is 35.5. The van der Waals surface area contributed by atoms with Gasteiger partial charge in [0.25, 0.3) is 0 Å². The van der Waals surface area contributed by atoms with Crippen LogP contribution in [-0.4, -0.2) is 28.4 Å². The molecule has 0 aliphatic carbocycles. The standard InChI is InChI=1S/C26H26ClN3O4/c1-3-10-21-23(25(31)33-4-2)22(18-13-8-9-14-20(18)27)19-15-28-30(24(19)29-21)26(32)34-16-17-11-6-5-7-12-17/h5-9,11-15,22,29H,3-4,10,16H2,1-2H3. The number of nitrogens with one attached hydrogen (secondary N) is 1. The molecule has 1 aromatic heterocycles. The van der Waals surface area contributed by atoms with Gasteiger partial charge in [-0.25, -0.2) is 9.59 Å². The van der Waals surface area contributed by atoms with Crippen LogP contribution in [0.25, 0.3) is 0 Å². The van der Waals surface area contributed by atoms with Crippen LogP contribution in [0.1, 0.15) is 49.3 Å². The number of allylic oxidation sites excluding steroid dienone is 1. The summed E-state index contributed by atoms with van der Waals surface area (Å²) in [6.07, 6.45) is 2.31. The van der Waals surface area contributed by atoms with Crippen LogP contribution in [0, 0.1) is 0 Å². The highest BCUT2D eigenvalue weighted by Gasteiger charge is 2.38. The molecule has 0 saturated carbocycles. The first-order valence-corrected chi connectivity index (χ1v) is 11.6. The number of halogens is 1. The van der Waals surface area contributed by atoms with Crippen LogP contribution in [0.3, 0.4) is 0 Å². The lowest BCUT2D eigenvalue weighted by atomic mass is 9.82. The molecule has 1 aliphatic rings. The number of esters is 1. The summed E-state index contributed by atoms with van der Waals surface area (Å²) in [6, 6.07) is 16.8. The fourth-order valence-corrected chi connectivity index (χ4v) is 4.33. The Balaban J connectivity index is 1.76. The number of anilines is 1. The molecule has 7 nitrogen and oxygen atoms in total. The van der Waals surface area contributed by atoms with Gasteiger partial charge in [0.1, 0.15) is 12.4 Å². The van der Waals surface area contributed by atoms with Crippen LogP contribution >= 0.6 is 11.6 Å². The smallest absolute Gasteiger partial charge is 0.436 e. The van der Waals surface area contributed by atoms with E-state index in [0.717, 1.165) is 17.5 Å². The van der Waals surface area contributed by atoms with Crippen molar-refractivity contribution in [2.24, 2.45) is 0 Å². The molecule has 0 fully saturated rings. The van der Waals surface area contributed by atoms with Gasteiger partial charge in [0.2, 0.25) is 0 Å². The van der Waals surface area contributed by atoms with Crippen molar-refractivity contribution < 1.29 is 19.1 Å². The van der Waals surface area contributed by atoms with Gasteiger partial charge in [-0.3, -0.25) is 0 Å². The Kier molecular flexibility index (Phi) is 7.33. The molecule has 2 heterocycles. The summed E-state index contributed by atoms with van der Waals surface area (Å²) in [5.74, 6) is -0.505. The number of benzene rings is 2. The maximum atomic E-state index is 13.1. The Hall–Kier alpha value is -3.58. The molecule has 0 saturated heterocycles. The molecule has 1 unspecified atom stereocenters. The molecule has 0 bridgehead atoms. The van der Waals surface area contributed by atoms with Gasteiger partial charge in [-0.05, 0) is 30.5 Å². The minimum absolute atomic E-state index is 0.119. The van der Waals surface area contributed by atoms with Gasteiger partial charge in [-0.1, -0.05) is 73.5 Å². The second kappa shape index (κ2) is 10.6. The van der Waals surface area contributed by atoms with Gasteiger partial charge in [-0.15, -0.1) is 4.68 Å². The van der Waals surface area contributed by atoms with Crippen LogP contribution in [0.2, 0.25) is 5.02 Å². The second-order valence-electron chi connectivity index (χ2n) is 7.84. The van der Waals surface area contributed by atoms with E-state index >= 15 is 0 Å². The van der Waals surface area contributed by atoms with Crippen molar-refractivity contribution in [1.29, 1.82) is 0 Å². The first kappa shape index (κ1) is 23.6. The van der Waals surface area contributed by atoms with E-state index in [1.165, 1.54) is 4.68 Å². The van der Waals surface area contributed by atoms with Crippen LogP contribution in [0.5, 0.6) is 0 Å². The highest BCUT2D eigenvalue weighted by Crippen LogP contribution is 2.45. The van der Waals surface area contributed by atoms with E-state index in [4.69, 9.17) is 21.1 Å². The first-order valence-electron chi connectivity index (χ1n) is 11.3. The second-order valence-corrected chi connectivity index (χ2v) is 8.25. The largest absolute Gasteiger partial charge is 0.463 e. The van der Waals surface area contributed by atoms with Crippen LogP contribution < -0.4 is 5.32 Å². The van der Waals surface area contributed by atoms with E-state index < -0.39 is 18.0 Å². The fourth-order valence-electron chi connectivity index (χ4n) is 4.09. The summed E-state index contributed by atoms with van der Waals surface area (Å²) in [5.41, 5.74) is 3.40. The molecule has 176 valence electrons. The van der Waals surface area contributed by atoms with E-state index in [0.29, 0.717) is 34.1 Å². The van der Waals surface area contributed by atoms with Crippen molar-refractivity contribution >= 4 is 29.5 Å². The predicted molar refractivity (Wildman–Crippen MR) is 130 cm³/mol. The van der Waals surface area contributed by atoms with Gasteiger partial charge in [-0.2, -0.15) is 5.10 Å². The maximum absolute atomic E-state index is 13.1. The third-order valence-electron chi connectivity index (χ3n) is 5.58. The van der Waals surface area contributed by atoms with Crippen LogP contribution in [0.4, 0.5) is 10.6 Å². The molecule has 1 aliphatic heterocycles. The zero-order valence-electron chi connectivity index (χ0n) is 19.1. The Morgan fingerprint density at radius 2 is 1.76 bits per heavy atom. The van der Waals surface area contributed by atoms with Crippen molar-refractivity contribution in [2.75, 3.05) is 11.9 Å². The van der Waals surface area contributed by atoms with E-state index in [2.05, 4.69) is 10.4 Å². The minimum atomic E-state index is -0.619. The molecular weight excluding hydrogens is 454 g/mol. The lowest BCUT2D eigenvalue weighted by molar-refractivity contribution is -0.138. The number of hydrogen-bond donors (Lipinski definition) is 1. The van der Waals surface area contributed by atoms with Crippen molar-refractivity contribution in [1.82, 2.24) is 9.78 Å². The number of carbonyl (C=O) groups is 2. The number of nitrogens with zero attached hydrogens (tertiary/aromatic N) is 2. The molecule has 3 aromatic rings. The van der Waals surface area contributed by atoms with Gasteiger partial charge >= 0.3 is 12.1 Å². The Morgan fingerprint density at radius 3 is 2.47 bits per heavy atom. The maximum Gasteiger partial charge on any atom is 0.436 e. The number of ether oxygens (including phenoxy) is 2. The molecule has 1 N–H and O–H groups in total. The summed E-state index contributed by atoms with van der Waals surface area (Å²) in [7, 11) is 0. The van der Waals surface area contributed by atoms with Crippen LogP contribution in [0.15, 0.2) is 72.1 Å². The molecule has 0 amide bonds.